The molecule has 2 aliphatic rings. The van der Waals surface area contributed by atoms with Crippen LogP contribution in [0.5, 0.6) is 0 Å². The number of piperidine rings is 1. The highest BCUT2D eigenvalue weighted by Crippen LogP contribution is 2.32. The van der Waals surface area contributed by atoms with Gasteiger partial charge >= 0.3 is 0 Å². The molecule has 0 bridgehead atoms. The third-order valence-electron chi connectivity index (χ3n) is 4.75. The van der Waals surface area contributed by atoms with E-state index in [9.17, 15) is 0 Å². The third-order valence-corrected chi connectivity index (χ3v) is 4.75. The molecule has 1 nitrogen and oxygen atoms in total. The average molecular weight is 243 g/mol. The van der Waals surface area contributed by atoms with Gasteiger partial charge in [-0.2, -0.15) is 0 Å². The minimum absolute atomic E-state index is 0.776. The fraction of sp³-hybridized carbons (Fsp3) is 0.647. The molecule has 0 saturated carbocycles. The third kappa shape index (κ3) is 2.61. The Bertz CT molecular complexity index is 404. The average Bonchev–Trinajstić information content (AvgIpc) is 2.41. The molecular weight excluding hydrogens is 218 g/mol. The molecule has 1 aromatic rings. The first-order valence-electron chi connectivity index (χ1n) is 7.65. The molecule has 1 saturated heterocycles. The molecule has 98 valence electrons. The summed E-state index contributed by atoms with van der Waals surface area (Å²) in [6, 6.07) is 7.29. The first-order valence-corrected chi connectivity index (χ1v) is 7.65. The molecule has 1 fully saturated rings. The summed E-state index contributed by atoms with van der Waals surface area (Å²) in [6.07, 6.45) is 8.07. The number of rotatable bonds is 2. The van der Waals surface area contributed by atoms with Crippen LogP contribution in [0.15, 0.2) is 18.2 Å². The Morgan fingerprint density at radius 3 is 3.00 bits per heavy atom. The largest absolute Gasteiger partial charge is 0.316 e. The summed E-state index contributed by atoms with van der Waals surface area (Å²) in [5, 5.41) is 3.53. The summed E-state index contributed by atoms with van der Waals surface area (Å²) in [7, 11) is 0. The maximum atomic E-state index is 3.53. The molecule has 3 rings (SSSR count). The number of fused-ring (bicyclic) bond motifs is 1. The van der Waals surface area contributed by atoms with Crippen LogP contribution in [-0.4, -0.2) is 13.1 Å². The smallest absolute Gasteiger partial charge is 0.00173 e. The van der Waals surface area contributed by atoms with Gasteiger partial charge in [-0.25, -0.2) is 0 Å². The Morgan fingerprint density at radius 2 is 2.17 bits per heavy atom. The van der Waals surface area contributed by atoms with Crippen molar-refractivity contribution in [3.63, 3.8) is 0 Å². The number of nitrogens with one attached hydrogen (secondary N) is 1. The summed E-state index contributed by atoms with van der Waals surface area (Å²) >= 11 is 0. The standard InChI is InChI=1S/C17H25N/c1-13-4-2-6-16-8-7-14(11-17(13)16)10-15-5-3-9-18-12-15/h7-8,11,13,15,18H,2-6,9-10,12H2,1H3. The van der Waals surface area contributed by atoms with Gasteiger partial charge in [0.25, 0.3) is 0 Å². The summed E-state index contributed by atoms with van der Waals surface area (Å²) in [5.74, 6) is 1.63. The van der Waals surface area contributed by atoms with Gasteiger partial charge in [0.15, 0.2) is 0 Å². The van der Waals surface area contributed by atoms with E-state index >= 15 is 0 Å². The van der Waals surface area contributed by atoms with Crippen molar-refractivity contribution in [2.75, 3.05) is 13.1 Å². The summed E-state index contributed by atoms with van der Waals surface area (Å²) in [5.41, 5.74) is 4.82. The number of benzene rings is 1. The van der Waals surface area contributed by atoms with Crippen molar-refractivity contribution in [2.24, 2.45) is 5.92 Å². The zero-order valence-corrected chi connectivity index (χ0v) is 11.5. The molecular formula is C17H25N. The van der Waals surface area contributed by atoms with Crippen LogP contribution in [0, 0.1) is 5.92 Å². The highest BCUT2D eigenvalue weighted by atomic mass is 14.9. The molecule has 1 aliphatic carbocycles. The Hall–Kier alpha value is -0.820. The topological polar surface area (TPSA) is 12.0 Å². The van der Waals surface area contributed by atoms with Gasteiger partial charge < -0.3 is 5.32 Å². The predicted octanol–water partition coefficient (Wildman–Crippen LogP) is 3.67. The molecule has 1 aliphatic heterocycles. The van der Waals surface area contributed by atoms with Crippen LogP contribution in [0.1, 0.15) is 55.2 Å². The molecule has 1 heterocycles. The Morgan fingerprint density at radius 1 is 1.22 bits per heavy atom. The molecule has 0 amide bonds. The van der Waals surface area contributed by atoms with E-state index in [1.165, 1.54) is 51.6 Å². The van der Waals surface area contributed by atoms with Crippen molar-refractivity contribution >= 4 is 0 Å². The lowest BCUT2D eigenvalue weighted by Gasteiger charge is -2.25. The molecule has 2 atom stereocenters. The summed E-state index contributed by atoms with van der Waals surface area (Å²) in [4.78, 5) is 0. The number of hydrogen-bond acceptors (Lipinski definition) is 1. The van der Waals surface area contributed by atoms with Gasteiger partial charge in [-0.15, -0.1) is 0 Å². The summed E-state index contributed by atoms with van der Waals surface area (Å²) < 4.78 is 0. The lowest BCUT2D eigenvalue weighted by atomic mass is 9.82. The van der Waals surface area contributed by atoms with E-state index in [-0.39, 0.29) is 0 Å². The fourth-order valence-electron chi connectivity index (χ4n) is 3.64. The highest BCUT2D eigenvalue weighted by Gasteiger charge is 2.18. The van der Waals surface area contributed by atoms with Crippen molar-refractivity contribution in [2.45, 2.75) is 51.4 Å². The van der Waals surface area contributed by atoms with Gasteiger partial charge in [0.05, 0.1) is 0 Å². The van der Waals surface area contributed by atoms with Gasteiger partial charge in [-0.05, 0) is 80.1 Å². The molecule has 0 radical (unpaired) electrons. The van der Waals surface area contributed by atoms with Gasteiger partial charge in [0.1, 0.15) is 0 Å². The van der Waals surface area contributed by atoms with E-state index in [1.807, 2.05) is 0 Å². The van der Waals surface area contributed by atoms with E-state index in [0.717, 1.165) is 11.8 Å². The van der Waals surface area contributed by atoms with Crippen molar-refractivity contribution in [3.05, 3.63) is 34.9 Å². The minimum Gasteiger partial charge on any atom is -0.316 e. The van der Waals surface area contributed by atoms with Crippen molar-refractivity contribution in [1.82, 2.24) is 5.32 Å². The van der Waals surface area contributed by atoms with Crippen LogP contribution < -0.4 is 5.32 Å². The van der Waals surface area contributed by atoms with Gasteiger partial charge in [-0.3, -0.25) is 0 Å². The monoisotopic (exact) mass is 243 g/mol. The quantitative estimate of drug-likeness (QED) is 0.835. The fourth-order valence-corrected chi connectivity index (χ4v) is 3.64. The number of aryl methyl sites for hydroxylation is 1. The zero-order valence-electron chi connectivity index (χ0n) is 11.5. The van der Waals surface area contributed by atoms with Crippen molar-refractivity contribution < 1.29 is 0 Å². The predicted molar refractivity (Wildman–Crippen MR) is 77.1 cm³/mol. The van der Waals surface area contributed by atoms with Crippen LogP contribution in [0.4, 0.5) is 0 Å². The summed E-state index contributed by atoms with van der Waals surface area (Å²) in [6.45, 7) is 4.83. The van der Waals surface area contributed by atoms with E-state index in [0.29, 0.717) is 0 Å². The second-order valence-corrected chi connectivity index (χ2v) is 6.24. The van der Waals surface area contributed by atoms with E-state index in [1.54, 1.807) is 16.7 Å². The van der Waals surface area contributed by atoms with Gasteiger partial charge in [0.2, 0.25) is 0 Å². The van der Waals surface area contributed by atoms with Crippen LogP contribution >= 0.6 is 0 Å². The Balaban J connectivity index is 1.74. The first kappa shape index (κ1) is 12.2. The SMILES string of the molecule is CC1CCCc2ccc(CC3CCCNC3)cc21. The van der Waals surface area contributed by atoms with Crippen LogP contribution in [-0.2, 0) is 12.8 Å². The van der Waals surface area contributed by atoms with Crippen molar-refractivity contribution in [3.8, 4) is 0 Å². The maximum absolute atomic E-state index is 3.53. The van der Waals surface area contributed by atoms with E-state index in [2.05, 4.69) is 30.4 Å². The highest BCUT2D eigenvalue weighted by molar-refractivity contribution is 5.36. The van der Waals surface area contributed by atoms with E-state index in [4.69, 9.17) is 0 Å². The van der Waals surface area contributed by atoms with Gasteiger partial charge in [0, 0.05) is 0 Å². The van der Waals surface area contributed by atoms with Crippen LogP contribution in [0.2, 0.25) is 0 Å². The van der Waals surface area contributed by atoms with Gasteiger partial charge in [-0.1, -0.05) is 25.1 Å². The zero-order chi connectivity index (χ0) is 12.4. The molecule has 0 aromatic heterocycles. The lowest BCUT2D eigenvalue weighted by molar-refractivity contribution is 0.376. The second-order valence-electron chi connectivity index (χ2n) is 6.24. The normalized spacial score (nSPS) is 27.8. The first-order chi connectivity index (χ1) is 8.83. The Labute approximate surface area is 111 Å². The molecule has 1 N–H and O–H groups in total. The van der Waals surface area contributed by atoms with Crippen LogP contribution in [0.3, 0.4) is 0 Å². The second kappa shape index (κ2) is 5.44. The van der Waals surface area contributed by atoms with E-state index < -0.39 is 0 Å². The molecule has 0 spiro atoms. The van der Waals surface area contributed by atoms with Crippen LogP contribution in [0.25, 0.3) is 0 Å². The number of hydrogen-bond donors (Lipinski definition) is 1. The lowest BCUT2D eigenvalue weighted by Crippen LogP contribution is -2.30. The minimum atomic E-state index is 0.776. The maximum Gasteiger partial charge on any atom is -0.00173 e. The molecule has 2 unspecified atom stereocenters. The molecule has 1 aromatic carbocycles. The molecule has 18 heavy (non-hydrogen) atoms. The van der Waals surface area contributed by atoms with Crippen molar-refractivity contribution in [1.29, 1.82) is 0 Å². The Kier molecular flexibility index (Phi) is 3.69. The molecule has 1 heteroatoms.